The lowest BCUT2D eigenvalue weighted by atomic mass is 9.82. The summed E-state index contributed by atoms with van der Waals surface area (Å²) in [6.07, 6.45) is 0.0482. The minimum atomic E-state index is -4.41. The summed E-state index contributed by atoms with van der Waals surface area (Å²) in [4.78, 5) is 24.2. The van der Waals surface area contributed by atoms with Crippen LogP contribution in [0.25, 0.3) is 0 Å². The second kappa shape index (κ2) is 7.25. The highest BCUT2D eigenvalue weighted by Gasteiger charge is 2.51. The van der Waals surface area contributed by atoms with Crippen LogP contribution in [0.3, 0.4) is 0 Å². The van der Waals surface area contributed by atoms with Crippen LogP contribution in [0.5, 0.6) is 5.75 Å². The van der Waals surface area contributed by atoms with Crippen LogP contribution in [0, 0.1) is 23.7 Å². The van der Waals surface area contributed by atoms with Gasteiger partial charge < -0.3 is 15.2 Å². The van der Waals surface area contributed by atoms with Gasteiger partial charge in [0.25, 0.3) is 0 Å². The number of rotatable bonds is 6. The van der Waals surface area contributed by atoms with E-state index in [9.17, 15) is 27.9 Å². The quantitative estimate of drug-likeness (QED) is 0.739. The number of carboxylic acid groups (broad SMARTS) is 1. The number of carbonyl (C=O) groups excluding carboxylic acids is 1. The van der Waals surface area contributed by atoms with Gasteiger partial charge >= 0.3 is 12.1 Å². The Kier molecular flexibility index (Phi) is 5.17. The fourth-order valence-corrected chi connectivity index (χ4v) is 3.93. The van der Waals surface area contributed by atoms with Crippen LogP contribution in [0.2, 0.25) is 0 Å². The number of fused-ring (bicyclic) bond motifs is 2. The summed E-state index contributed by atoms with van der Waals surface area (Å²) in [6, 6.07) is 5.55. The molecule has 27 heavy (non-hydrogen) atoms. The summed E-state index contributed by atoms with van der Waals surface area (Å²) >= 11 is 0. The highest BCUT2D eigenvalue weighted by molar-refractivity contribution is 5.87. The summed E-state index contributed by atoms with van der Waals surface area (Å²) in [7, 11) is 0. The Bertz CT molecular complexity index is 744. The molecule has 1 aromatic carbocycles. The van der Waals surface area contributed by atoms with Crippen molar-refractivity contribution in [1.82, 2.24) is 5.32 Å². The number of alkyl halides is 3. The second-order valence-corrected chi connectivity index (χ2v) is 7.04. The van der Waals surface area contributed by atoms with Gasteiger partial charge in [-0.05, 0) is 42.9 Å². The zero-order valence-electron chi connectivity index (χ0n) is 14.6. The van der Waals surface area contributed by atoms with E-state index >= 15 is 0 Å². The molecule has 0 heterocycles. The highest BCUT2D eigenvalue weighted by Crippen LogP contribution is 2.48. The van der Waals surface area contributed by atoms with Crippen molar-refractivity contribution in [3.05, 3.63) is 42.0 Å². The number of benzene rings is 1. The largest absolute Gasteiger partial charge is 0.484 e. The van der Waals surface area contributed by atoms with E-state index in [0.29, 0.717) is 12.0 Å². The lowest BCUT2D eigenvalue weighted by Gasteiger charge is -2.26. The third kappa shape index (κ3) is 4.26. The van der Waals surface area contributed by atoms with Crippen LogP contribution in [0.1, 0.15) is 24.9 Å². The summed E-state index contributed by atoms with van der Waals surface area (Å²) in [5.74, 6) is -2.70. The molecular weight excluding hydrogens is 363 g/mol. The maximum absolute atomic E-state index is 12.7. The average Bonchev–Trinajstić information content (AvgIpc) is 3.20. The van der Waals surface area contributed by atoms with E-state index < -0.39 is 36.6 Å². The molecule has 5 atom stereocenters. The first-order valence-electron chi connectivity index (χ1n) is 8.67. The fraction of sp³-hybridized carbons (Fsp3) is 0.474. The molecule has 146 valence electrons. The predicted octanol–water partition coefficient (Wildman–Crippen LogP) is 3.33. The molecule has 0 saturated heterocycles. The van der Waals surface area contributed by atoms with Crippen LogP contribution in [-0.4, -0.2) is 29.8 Å². The number of aliphatic carboxylic acids is 1. The van der Waals surface area contributed by atoms with Crippen molar-refractivity contribution in [1.29, 1.82) is 0 Å². The molecule has 8 heteroatoms. The normalized spacial score (nSPS) is 27.4. The van der Waals surface area contributed by atoms with Crippen molar-refractivity contribution in [2.45, 2.75) is 25.6 Å². The number of hydrogen-bond donors (Lipinski definition) is 2. The van der Waals surface area contributed by atoms with E-state index in [2.05, 4.69) is 10.1 Å². The first-order chi connectivity index (χ1) is 12.7. The third-order valence-corrected chi connectivity index (χ3v) is 5.19. The van der Waals surface area contributed by atoms with Gasteiger partial charge in [-0.1, -0.05) is 24.3 Å². The molecule has 1 aromatic rings. The van der Waals surface area contributed by atoms with E-state index in [4.69, 9.17) is 0 Å². The van der Waals surface area contributed by atoms with Gasteiger partial charge in [-0.15, -0.1) is 0 Å². The highest BCUT2D eigenvalue weighted by atomic mass is 19.4. The van der Waals surface area contributed by atoms with E-state index in [1.165, 1.54) is 12.1 Å². The number of allylic oxidation sites excluding steroid dienone is 2. The Morgan fingerprint density at radius 2 is 1.78 bits per heavy atom. The maximum Gasteiger partial charge on any atom is 0.422 e. The van der Waals surface area contributed by atoms with Gasteiger partial charge in [-0.2, -0.15) is 13.2 Å². The number of nitrogens with one attached hydrogen (secondary N) is 1. The van der Waals surface area contributed by atoms with Crippen molar-refractivity contribution in [2.24, 2.45) is 23.7 Å². The van der Waals surface area contributed by atoms with Crippen LogP contribution >= 0.6 is 0 Å². The van der Waals surface area contributed by atoms with Gasteiger partial charge in [0.05, 0.1) is 17.9 Å². The lowest BCUT2D eigenvalue weighted by molar-refractivity contribution is -0.153. The first-order valence-corrected chi connectivity index (χ1v) is 8.67. The summed E-state index contributed by atoms with van der Waals surface area (Å²) in [6.45, 7) is 0.370. The Labute approximate surface area is 154 Å². The summed E-state index contributed by atoms with van der Waals surface area (Å²) in [5.41, 5.74) is 0.688. The smallest absolute Gasteiger partial charge is 0.422 e. The molecule has 1 saturated carbocycles. The molecule has 0 aromatic heterocycles. The number of ether oxygens (including phenoxy) is 1. The first kappa shape index (κ1) is 19.3. The van der Waals surface area contributed by atoms with Gasteiger partial charge in [0, 0.05) is 0 Å². The maximum atomic E-state index is 12.7. The minimum absolute atomic E-state index is 0.0681. The molecule has 2 aliphatic rings. The minimum Gasteiger partial charge on any atom is -0.484 e. The average molecular weight is 383 g/mol. The molecule has 0 radical (unpaired) electrons. The van der Waals surface area contributed by atoms with E-state index in [1.807, 2.05) is 12.2 Å². The van der Waals surface area contributed by atoms with Crippen molar-refractivity contribution < 1.29 is 32.6 Å². The lowest BCUT2D eigenvalue weighted by Crippen LogP contribution is -2.41. The van der Waals surface area contributed by atoms with E-state index in [1.54, 1.807) is 19.1 Å². The van der Waals surface area contributed by atoms with Crippen LogP contribution in [0.15, 0.2) is 36.4 Å². The SMILES string of the molecule is CC(NC(=O)C1C2C=CC(C2)C1C(=O)O)c1ccc(OCC(F)(F)F)cc1. The molecule has 0 spiro atoms. The van der Waals surface area contributed by atoms with Gasteiger partial charge in [-0.25, -0.2) is 0 Å². The number of halogens is 3. The Morgan fingerprint density at radius 1 is 1.19 bits per heavy atom. The molecule has 2 aliphatic carbocycles. The van der Waals surface area contributed by atoms with Crippen LogP contribution in [0.4, 0.5) is 13.2 Å². The van der Waals surface area contributed by atoms with Crippen LogP contribution in [-0.2, 0) is 9.59 Å². The molecule has 5 nitrogen and oxygen atoms in total. The molecule has 5 unspecified atom stereocenters. The van der Waals surface area contributed by atoms with E-state index in [0.717, 1.165) is 0 Å². The molecule has 1 fully saturated rings. The van der Waals surface area contributed by atoms with Gasteiger partial charge in [0.15, 0.2) is 6.61 Å². The number of carbonyl (C=O) groups is 2. The fourth-order valence-electron chi connectivity index (χ4n) is 3.93. The Balaban J connectivity index is 1.61. The predicted molar refractivity (Wildman–Crippen MR) is 89.9 cm³/mol. The summed E-state index contributed by atoms with van der Waals surface area (Å²) < 4.78 is 41.2. The van der Waals surface area contributed by atoms with Crippen molar-refractivity contribution >= 4 is 11.9 Å². The van der Waals surface area contributed by atoms with Crippen molar-refractivity contribution in [2.75, 3.05) is 6.61 Å². The number of amides is 1. The molecule has 2 bridgehead atoms. The summed E-state index contributed by atoms with van der Waals surface area (Å²) in [5, 5.41) is 12.3. The monoisotopic (exact) mass is 383 g/mol. The second-order valence-electron chi connectivity index (χ2n) is 7.04. The molecule has 3 rings (SSSR count). The van der Waals surface area contributed by atoms with E-state index in [-0.39, 0.29) is 23.5 Å². The van der Waals surface area contributed by atoms with Gasteiger partial charge in [-0.3, -0.25) is 9.59 Å². The Hall–Kier alpha value is -2.51. The standard InChI is InChI=1S/C19H20F3NO4/c1-10(11-4-6-14(7-5-11)27-9-19(20,21)22)23-17(24)15-12-2-3-13(8-12)16(15)18(25)26/h2-7,10,12-13,15-16H,8-9H2,1H3,(H,23,24)(H,25,26). The van der Waals surface area contributed by atoms with Crippen molar-refractivity contribution in [3.8, 4) is 5.75 Å². The van der Waals surface area contributed by atoms with Crippen LogP contribution < -0.4 is 10.1 Å². The van der Waals surface area contributed by atoms with Crippen molar-refractivity contribution in [3.63, 3.8) is 0 Å². The zero-order valence-corrected chi connectivity index (χ0v) is 14.6. The third-order valence-electron chi connectivity index (χ3n) is 5.19. The molecule has 0 aliphatic heterocycles. The molecular formula is C19H20F3NO4. The molecule has 2 N–H and O–H groups in total. The van der Waals surface area contributed by atoms with Gasteiger partial charge in [0.2, 0.25) is 5.91 Å². The van der Waals surface area contributed by atoms with Gasteiger partial charge in [0.1, 0.15) is 5.75 Å². The molecule has 1 amide bonds. The topological polar surface area (TPSA) is 75.6 Å². The Morgan fingerprint density at radius 3 is 2.33 bits per heavy atom. The zero-order chi connectivity index (χ0) is 19.8. The number of carboxylic acids is 1. The number of hydrogen-bond acceptors (Lipinski definition) is 3.